The molecule has 0 aliphatic rings. The maximum absolute atomic E-state index is 12.2. The number of hydrogen-bond donors (Lipinski definition) is 0. The highest BCUT2D eigenvalue weighted by molar-refractivity contribution is 6.02. The van der Waals surface area contributed by atoms with Crippen molar-refractivity contribution in [1.29, 1.82) is 0 Å². The molecule has 0 unspecified atom stereocenters. The highest BCUT2D eigenvalue weighted by Crippen LogP contribution is 2.22. The minimum atomic E-state index is -1.20. The van der Waals surface area contributed by atoms with Crippen LogP contribution in [0.2, 0.25) is 0 Å². The fourth-order valence-electron chi connectivity index (χ4n) is 1.94. The zero-order valence-electron chi connectivity index (χ0n) is 11.4. The minimum Gasteiger partial charge on any atom is -0.443 e. The van der Waals surface area contributed by atoms with Gasteiger partial charge in [-0.2, -0.15) is 0 Å². The molecule has 20 heavy (non-hydrogen) atoms. The van der Waals surface area contributed by atoms with Crippen molar-refractivity contribution in [2.75, 3.05) is 0 Å². The van der Waals surface area contributed by atoms with E-state index in [9.17, 15) is 9.59 Å². The van der Waals surface area contributed by atoms with Crippen LogP contribution in [0.15, 0.2) is 54.6 Å². The lowest BCUT2D eigenvalue weighted by molar-refractivity contribution is 0.0525. The van der Waals surface area contributed by atoms with E-state index in [1.165, 1.54) is 6.47 Å². The second-order valence-corrected chi connectivity index (χ2v) is 4.97. The van der Waals surface area contributed by atoms with Gasteiger partial charge in [-0.25, -0.2) is 4.79 Å². The summed E-state index contributed by atoms with van der Waals surface area (Å²) in [5.41, 5.74) is 1.42. The lowest BCUT2D eigenvalue weighted by atomic mass is 9.95. The molecule has 0 atom stereocenters. The van der Waals surface area contributed by atoms with Crippen molar-refractivity contribution >= 4 is 12.3 Å². The van der Waals surface area contributed by atoms with E-state index in [1.807, 2.05) is 42.5 Å². The molecule has 1 radical (unpaired) electrons. The van der Waals surface area contributed by atoms with Crippen molar-refractivity contribution in [3.05, 3.63) is 60.2 Å². The molecule has 0 fully saturated rings. The molecule has 0 saturated heterocycles. The topological polar surface area (TPSA) is 43.4 Å². The van der Waals surface area contributed by atoms with E-state index in [0.29, 0.717) is 5.56 Å². The van der Waals surface area contributed by atoms with Gasteiger partial charge in [0, 0.05) is 5.56 Å². The number of carbonyl (C=O) groups is 1. The summed E-state index contributed by atoms with van der Waals surface area (Å²) in [6, 6.07) is 17.1. The van der Waals surface area contributed by atoms with Gasteiger partial charge in [-0.1, -0.05) is 54.6 Å². The molecule has 0 amide bonds. The average Bonchev–Trinajstić information content (AvgIpc) is 2.47. The smallest absolute Gasteiger partial charge is 0.418 e. The Bertz CT molecular complexity index is 598. The van der Waals surface area contributed by atoms with Crippen LogP contribution in [-0.4, -0.2) is 17.9 Å². The second kappa shape index (κ2) is 5.70. The van der Waals surface area contributed by atoms with Gasteiger partial charge in [0.1, 0.15) is 0 Å². The van der Waals surface area contributed by atoms with Crippen LogP contribution in [0.5, 0.6) is 0 Å². The zero-order valence-corrected chi connectivity index (χ0v) is 11.4. The molecule has 2 aromatic rings. The van der Waals surface area contributed by atoms with Crippen molar-refractivity contribution in [1.82, 2.24) is 0 Å². The Morgan fingerprint density at radius 3 is 2.05 bits per heavy atom. The molecule has 2 aromatic carbocycles. The lowest BCUT2D eigenvalue weighted by Crippen LogP contribution is -2.34. The third-order valence-corrected chi connectivity index (χ3v) is 3.10. The number of Topliss-reactive ketones (excluding diaryl/α,β-unsaturated/α-hetero) is 1. The molecule has 0 aromatic heterocycles. The number of ketones is 1. The Morgan fingerprint density at radius 1 is 0.950 bits per heavy atom. The van der Waals surface area contributed by atoms with Crippen molar-refractivity contribution in [3.8, 4) is 11.1 Å². The van der Waals surface area contributed by atoms with Crippen LogP contribution in [0.1, 0.15) is 24.2 Å². The van der Waals surface area contributed by atoms with Crippen molar-refractivity contribution in [3.63, 3.8) is 0 Å². The summed E-state index contributed by atoms with van der Waals surface area (Å²) in [5, 5.41) is 0. The van der Waals surface area contributed by atoms with E-state index in [0.717, 1.165) is 11.1 Å². The van der Waals surface area contributed by atoms with Gasteiger partial charge < -0.3 is 4.74 Å². The maximum atomic E-state index is 12.2. The molecule has 0 aliphatic carbocycles. The maximum Gasteiger partial charge on any atom is 0.418 e. The molecule has 0 N–H and O–H groups in total. The summed E-state index contributed by atoms with van der Waals surface area (Å²) in [5.74, 6) is -0.250. The number of ether oxygens (including phenoxy) is 1. The Balaban J connectivity index is 2.25. The number of hydrogen-bond acceptors (Lipinski definition) is 3. The molecular weight excluding hydrogens is 252 g/mol. The highest BCUT2D eigenvalue weighted by Gasteiger charge is 2.30. The van der Waals surface area contributed by atoms with E-state index in [4.69, 9.17) is 4.74 Å². The van der Waals surface area contributed by atoms with Crippen LogP contribution < -0.4 is 0 Å². The summed E-state index contributed by atoms with van der Waals surface area (Å²) in [4.78, 5) is 22.5. The van der Waals surface area contributed by atoms with Gasteiger partial charge in [0.25, 0.3) is 0 Å². The molecular formula is C17H15O3. The fourth-order valence-corrected chi connectivity index (χ4v) is 1.94. The first kappa shape index (κ1) is 14.0. The number of carbonyl (C=O) groups excluding carboxylic acids is 2. The predicted molar refractivity (Wildman–Crippen MR) is 77.1 cm³/mol. The van der Waals surface area contributed by atoms with Crippen LogP contribution >= 0.6 is 0 Å². The Hall–Kier alpha value is -2.42. The Kier molecular flexibility index (Phi) is 3.99. The second-order valence-electron chi connectivity index (χ2n) is 4.97. The first-order valence-corrected chi connectivity index (χ1v) is 6.30. The molecule has 0 heterocycles. The monoisotopic (exact) mass is 267 g/mol. The van der Waals surface area contributed by atoms with E-state index in [1.54, 1.807) is 26.0 Å². The first-order valence-electron chi connectivity index (χ1n) is 6.30. The lowest BCUT2D eigenvalue weighted by Gasteiger charge is -2.20. The summed E-state index contributed by atoms with van der Waals surface area (Å²) < 4.78 is 4.71. The molecule has 2 rings (SSSR count). The van der Waals surface area contributed by atoms with Crippen LogP contribution in [-0.2, 0) is 9.53 Å². The SMILES string of the molecule is CC(C)(O[C]=O)C(=O)c1ccc(-c2ccccc2)cc1. The van der Waals surface area contributed by atoms with E-state index >= 15 is 0 Å². The van der Waals surface area contributed by atoms with Crippen molar-refractivity contribution < 1.29 is 14.3 Å². The van der Waals surface area contributed by atoms with Gasteiger partial charge in [-0.15, -0.1) is 0 Å². The molecule has 101 valence electrons. The molecule has 0 bridgehead atoms. The van der Waals surface area contributed by atoms with Gasteiger partial charge >= 0.3 is 6.47 Å². The number of rotatable bonds is 5. The standard InChI is InChI=1S/C17H15O3/c1-17(2,20-12-18)16(19)15-10-8-14(9-11-15)13-6-4-3-5-7-13/h3-11H,1-2H3. The quantitative estimate of drug-likeness (QED) is 0.780. The van der Waals surface area contributed by atoms with Gasteiger partial charge in [0.15, 0.2) is 5.60 Å². The van der Waals surface area contributed by atoms with E-state index in [2.05, 4.69) is 0 Å². The van der Waals surface area contributed by atoms with Crippen LogP contribution in [0.25, 0.3) is 11.1 Å². The molecule has 0 aliphatic heterocycles. The van der Waals surface area contributed by atoms with Crippen LogP contribution in [0.4, 0.5) is 0 Å². The van der Waals surface area contributed by atoms with Gasteiger partial charge in [0.2, 0.25) is 5.78 Å². The van der Waals surface area contributed by atoms with Gasteiger partial charge in [-0.3, -0.25) is 4.79 Å². The van der Waals surface area contributed by atoms with E-state index in [-0.39, 0.29) is 5.78 Å². The molecule has 3 nitrogen and oxygen atoms in total. The third kappa shape index (κ3) is 2.94. The summed E-state index contributed by atoms with van der Waals surface area (Å²) in [7, 11) is 0. The third-order valence-electron chi connectivity index (χ3n) is 3.10. The Labute approximate surface area is 118 Å². The molecule has 3 heteroatoms. The zero-order chi connectivity index (χ0) is 14.6. The van der Waals surface area contributed by atoms with Gasteiger partial charge in [0.05, 0.1) is 0 Å². The fraction of sp³-hybridized carbons (Fsp3) is 0.176. The average molecular weight is 267 g/mol. The summed E-state index contributed by atoms with van der Waals surface area (Å²) >= 11 is 0. The van der Waals surface area contributed by atoms with Crippen LogP contribution in [0, 0.1) is 0 Å². The van der Waals surface area contributed by atoms with Crippen LogP contribution in [0.3, 0.4) is 0 Å². The normalized spacial score (nSPS) is 10.9. The summed E-state index contributed by atoms with van der Waals surface area (Å²) in [6.07, 6.45) is 0. The minimum absolute atomic E-state index is 0.250. The highest BCUT2D eigenvalue weighted by atomic mass is 16.5. The molecule has 0 saturated carbocycles. The Morgan fingerprint density at radius 2 is 1.50 bits per heavy atom. The largest absolute Gasteiger partial charge is 0.443 e. The van der Waals surface area contributed by atoms with E-state index < -0.39 is 5.60 Å². The van der Waals surface area contributed by atoms with Crippen molar-refractivity contribution in [2.45, 2.75) is 19.4 Å². The molecule has 0 spiro atoms. The first-order chi connectivity index (χ1) is 9.54. The summed E-state index contributed by atoms with van der Waals surface area (Å²) in [6.45, 7) is 4.42. The van der Waals surface area contributed by atoms with Crippen molar-refractivity contribution in [2.24, 2.45) is 0 Å². The number of benzene rings is 2. The predicted octanol–water partition coefficient (Wildman–Crippen LogP) is 3.40. The van der Waals surface area contributed by atoms with Gasteiger partial charge in [-0.05, 0) is 25.0 Å².